The van der Waals surface area contributed by atoms with Crippen molar-refractivity contribution in [1.29, 1.82) is 0 Å². The first-order valence-electron chi connectivity index (χ1n) is 6.26. The van der Waals surface area contributed by atoms with E-state index in [-0.39, 0.29) is 23.9 Å². The van der Waals surface area contributed by atoms with Crippen LogP contribution in [-0.4, -0.2) is 24.5 Å². The highest BCUT2D eigenvalue weighted by molar-refractivity contribution is 7.09. The molecule has 0 bridgehead atoms. The Bertz CT molecular complexity index is 361. The molecule has 5 heteroatoms. The minimum atomic E-state index is -0.353. The van der Waals surface area contributed by atoms with Crippen molar-refractivity contribution >= 4 is 29.7 Å². The molecular weight excluding hydrogens is 268 g/mol. The van der Waals surface area contributed by atoms with E-state index < -0.39 is 0 Å². The molecule has 1 aliphatic heterocycles. The van der Waals surface area contributed by atoms with Gasteiger partial charge in [-0.15, -0.1) is 23.7 Å². The molecule has 1 saturated heterocycles. The Morgan fingerprint density at radius 3 is 3.00 bits per heavy atom. The van der Waals surface area contributed by atoms with Gasteiger partial charge in [0.15, 0.2) is 0 Å². The van der Waals surface area contributed by atoms with Crippen molar-refractivity contribution < 1.29 is 4.79 Å². The van der Waals surface area contributed by atoms with Gasteiger partial charge in [-0.25, -0.2) is 0 Å². The van der Waals surface area contributed by atoms with Gasteiger partial charge in [0.2, 0.25) is 5.91 Å². The van der Waals surface area contributed by atoms with E-state index in [0.717, 1.165) is 32.4 Å². The van der Waals surface area contributed by atoms with Crippen LogP contribution < -0.4 is 10.6 Å². The third-order valence-corrected chi connectivity index (χ3v) is 4.29. The normalized spacial score (nSPS) is 23.2. The van der Waals surface area contributed by atoms with E-state index in [1.807, 2.05) is 13.0 Å². The second-order valence-electron chi connectivity index (χ2n) is 4.80. The van der Waals surface area contributed by atoms with E-state index in [2.05, 4.69) is 22.1 Å². The molecule has 0 spiro atoms. The van der Waals surface area contributed by atoms with Crippen LogP contribution in [-0.2, 0) is 11.2 Å². The Hall–Kier alpha value is -0.580. The summed E-state index contributed by atoms with van der Waals surface area (Å²) in [6, 6.07) is 4.16. The highest BCUT2D eigenvalue weighted by atomic mass is 35.5. The molecule has 3 nitrogen and oxygen atoms in total. The lowest BCUT2D eigenvalue weighted by Gasteiger charge is -2.33. The first kappa shape index (κ1) is 15.5. The van der Waals surface area contributed by atoms with Gasteiger partial charge in [0.25, 0.3) is 0 Å². The minimum absolute atomic E-state index is 0. The zero-order valence-corrected chi connectivity index (χ0v) is 12.3. The molecule has 1 atom stereocenters. The first-order chi connectivity index (χ1) is 8.21. The van der Waals surface area contributed by atoms with E-state index in [4.69, 9.17) is 0 Å². The molecule has 1 aliphatic rings. The summed E-state index contributed by atoms with van der Waals surface area (Å²) in [7, 11) is 0. The molecule has 0 saturated carbocycles. The smallest absolute Gasteiger partial charge is 0.240 e. The molecule has 18 heavy (non-hydrogen) atoms. The summed E-state index contributed by atoms with van der Waals surface area (Å²) in [4.78, 5) is 13.4. The Labute approximate surface area is 119 Å². The monoisotopic (exact) mass is 288 g/mol. The SMILES string of the molecule is CC1(C(=O)NCCc2cccs2)CCCCN1.Cl. The number of nitrogens with one attached hydrogen (secondary N) is 2. The molecule has 1 unspecified atom stereocenters. The van der Waals surface area contributed by atoms with Crippen molar-refractivity contribution in [2.75, 3.05) is 13.1 Å². The quantitative estimate of drug-likeness (QED) is 0.893. The molecule has 0 radical (unpaired) electrons. The lowest BCUT2D eigenvalue weighted by Crippen LogP contribution is -2.57. The van der Waals surface area contributed by atoms with Gasteiger partial charge in [-0.1, -0.05) is 6.07 Å². The topological polar surface area (TPSA) is 41.1 Å². The highest BCUT2D eigenvalue weighted by Gasteiger charge is 2.33. The van der Waals surface area contributed by atoms with Crippen LogP contribution in [0.25, 0.3) is 0 Å². The number of piperidine rings is 1. The fraction of sp³-hybridized carbons (Fsp3) is 0.615. The van der Waals surface area contributed by atoms with E-state index >= 15 is 0 Å². The van der Waals surface area contributed by atoms with Gasteiger partial charge in [-0.3, -0.25) is 4.79 Å². The number of amides is 1. The maximum absolute atomic E-state index is 12.1. The molecule has 1 fully saturated rings. The van der Waals surface area contributed by atoms with Crippen LogP contribution in [0.1, 0.15) is 31.1 Å². The molecular formula is C13H21ClN2OS. The number of halogens is 1. The van der Waals surface area contributed by atoms with Crippen molar-refractivity contribution in [2.45, 2.75) is 38.1 Å². The molecule has 2 rings (SSSR count). The molecule has 0 aliphatic carbocycles. The zero-order chi connectivity index (χ0) is 12.1. The first-order valence-corrected chi connectivity index (χ1v) is 7.14. The van der Waals surface area contributed by atoms with E-state index in [1.54, 1.807) is 11.3 Å². The van der Waals surface area contributed by atoms with Gasteiger partial charge in [0.1, 0.15) is 0 Å². The minimum Gasteiger partial charge on any atom is -0.354 e. The number of hydrogen-bond acceptors (Lipinski definition) is 3. The fourth-order valence-electron chi connectivity index (χ4n) is 2.20. The largest absolute Gasteiger partial charge is 0.354 e. The highest BCUT2D eigenvalue weighted by Crippen LogP contribution is 2.18. The summed E-state index contributed by atoms with van der Waals surface area (Å²) in [6.45, 7) is 3.69. The molecule has 1 aromatic heterocycles. The summed E-state index contributed by atoms with van der Waals surface area (Å²) in [5, 5.41) is 8.44. The molecule has 102 valence electrons. The predicted octanol–water partition coefficient (Wildman–Crippen LogP) is 2.36. The van der Waals surface area contributed by atoms with Gasteiger partial charge in [0.05, 0.1) is 5.54 Å². The summed E-state index contributed by atoms with van der Waals surface area (Å²) < 4.78 is 0. The Kier molecular flexibility index (Phi) is 6.12. The number of carbonyl (C=O) groups excluding carboxylic acids is 1. The summed E-state index contributed by atoms with van der Waals surface area (Å²) in [5.41, 5.74) is -0.353. The lowest BCUT2D eigenvalue weighted by atomic mass is 9.90. The average molecular weight is 289 g/mol. The van der Waals surface area contributed by atoms with Gasteiger partial charge >= 0.3 is 0 Å². The van der Waals surface area contributed by atoms with Crippen molar-refractivity contribution in [2.24, 2.45) is 0 Å². The van der Waals surface area contributed by atoms with Crippen LogP contribution in [0.5, 0.6) is 0 Å². The Morgan fingerprint density at radius 1 is 1.56 bits per heavy atom. The van der Waals surface area contributed by atoms with Crippen molar-refractivity contribution in [3.63, 3.8) is 0 Å². The van der Waals surface area contributed by atoms with E-state index in [0.29, 0.717) is 0 Å². The molecule has 2 heterocycles. The van der Waals surface area contributed by atoms with Gasteiger partial charge < -0.3 is 10.6 Å². The van der Waals surface area contributed by atoms with Gasteiger partial charge in [0, 0.05) is 11.4 Å². The van der Waals surface area contributed by atoms with Crippen LogP contribution in [0.2, 0.25) is 0 Å². The van der Waals surface area contributed by atoms with Crippen LogP contribution >= 0.6 is 23.7 Å². The lowest BCUT2D eigenvalue weighted by molar-refractivity contribution is -0.127. The average Bonchev–Trinajstić information content (AvgIpc) is 2.83. The maximum Gasteiger partial charge on any atom is 0.240 e. The van der Waals surface area contributed by atoms with Gasteiger partial charge in [-0.2, -0.15) is 0 Å². The second kappa shape index (κ2) is 7.12. The van der Waals surface area contributed by atoms with Crippen LogP contribution in [0.15, 0.2) is 17.5 Å². The predicted molar refractivity (Wildman–Crippen MR) is 78.5 cm³/mol. The number of rotatable bonds is 4. The van der Waals surface area contributed by atoms with Crippen LogP contribution in [0, 0.1) is 0 Å². The third kappa shape index (κ3) is 3.97. The molecule has 1 amide bonds. The van der Waals surface area contributed by atoms with Crippen molar-refractivity contribution in [1.82, 2.24) is 10.6 Å². The summed E-state index contributed by atoms with van der Waals surface area (Å²) >= 11 is 1.74. The maximum atomic E-state index is 12.1. The van der Waals surface area contributed by atoms with Crippen LogP contribution in [0.3, 0.4) is 0 Å². The second-order valence-corrected chi connectivity index (χ2v) is 5.83. The zero-order valence-electron chi connectivity index (χ0n) is 10.7. The molecule has 2 N–H and O–H groups in total. The molecule has 1 aromatic rings. The number of thiophene rings is 1. The Balaban J connectivity index is 0.00000162. The van der Waals surface area contributed by atoms with E-state index in [1.165, 1.54) is 11.3 Å². The molecule has 0 aromatic carbocycles. The number of carbonyl (C=O) groups is 1. The van der Waals surface area contributed by atoms with Crippen molar-refractivity contribution in [3.8, 4) is 0 Å². The van der Waals surface area contributed by atoms with E-state index in [9.17, 15) is 4.79 Å². The van der Waals surface area contributed by atoms with Crippen molar-refractivity contribution in [3.05, 3.63) is 22.4 Å². The van der Waals surface area contributed by atoms with Crippen LogP contribution in [0.4, 0.5) is 0 Å². The number of hydrogen-bond donors (Lipinski definition) is 2. The Morgan fingerprint density at radius 2 is 2.39 bits per heavy atom. The third-order valence-electron chi connectivity index (χ3n) is 3.36. The fourth-order valence-corrected chi connectivity index (χ4v) is 2.91. The summed E-state index contributed by atoms with van der Waals surface area (Å²) in [6.07, 6.45) is 4.19. The van der Waals surface area contributed by atoms with Gasteiger partial charge in [-0.05, 0) is 50.6 Å². The summed E-state index contributed by atoms with van der Waals surface area (Å²) in [5.74, 6) is 0.147. The standard InChI is InChI=1S/C13H20N2OS.ClH/c1-13(7-2-3-8-15-13)12(16)14-9-6-11-5-4-10-17-11;/h4-5,10,15H,2-3,6-9H2,1H3,(H,14,16);1H.